The number of nitrogens with zero attached hydrogens (tertiary/aromatic N) is 1. The Bertz CT molecular complexity index is 608. The number of aryl methyl sites for hydroxylation is 1. The maximum absolute atomic E-state index is 10.3. The minimum Gasteiger partial charge on any atom is -0.508 e. The molecule has 1 N–H and O–H groups in total. The lowest BCUT2D eigenvalue weighted by molar-refractivity contribution is 0.191. The van der Waals surface area contributed by atoms with Crippen molar-refractivity contribution < 1.29 is 5.11 Å². The Balaban J connectivity index is 1.88. The van der Waals surface area contributed by atoms with Crippen molar-refractivity contribution in [2.24, 2.45) is 0 Å². The van der Waals surface area contributed by atoms with Crippen molar-refractivity contribution in [1.29, 1.82) is 0 Å². The van der Waals surface area contributed by atoms with Crippen LogP contribution in [0.25, 0.3) is 0 Å². The van der Waals surface area contributed by atoms with E-state index < -0.39 is 0 Å². The van der Waals surface area contributed by atoms with Gasteiger partial charge in [-0.2, -0.15) is 0 Å². The second-order valence-corrected chi connectivity index (χ2v) is 6.04. The maximum atomic E-state index is 10.3. The maximum Gasteiger partial charge on any atom is 0.120 e. The molecule has 1 saturated heterocycles. The summed E-state index contributed by atoms with van der Waals surface area (Å²) in [5.74, 6) is 0.418. The minimum atomic E-state index is 0.235. The van der Waals surface area contributed by atoms with Crippen molar-refractivity contribution in [1.82, 2.24) is 4.90 Å². The third-order valence-corrected chi connectivity index (χ3v) is 4.61. The molecule has 2 atom stereocenters. The molecule has 2 nitrogen and oxygen atoms in total. The average Bonchev–Trinajstić information content (AvgIpc) is 2.97. The Kier molecular flexibility index (Phi) is 3.98. The molecule has 2 aromatic rings. The fraction of sp³-hybridized carbons (Fsp3) is 0.368. The van der Waals surface area contributed by atoms with E-state index in [1.807, 2.05) is 13.0 Å². The van der Waals surface area contributed by atoms with Gasteiger partial charge in [0.15, 0.2) is 0 Å². The fourth-order valence-electron chi connectivity index (χ4n) is 3.47. The van der Waals surface area contributed by atoms with Gasteiger partial charge in [0.2, 0.25) is 0 Å². The minimum absolute atomic E-state index is 0.235. The Labute approximate surface area is 127 Å². The highest BCUT2D eigenvalue weighted by Gasteiger charge is 2.31. The molecule has 110 valence electrons. The van der Waals surface area contributed by atoms with Crippen LogP contribution in [0.1, 0.15) is 48.5 Å². The van der Waals surface area contributed by atoms with Gasteiger partial charge in [-0.1, -0.05) is 42.5 Å². The Morgan fingerprint density at radius 1 is 1.14 bits per heavy atom. The van der Waals surface area contributed by atoms with Gasteiger partial charge < -0.3 is 5.11 Å². The zero-order valence-corrected chi connectivity index (χ0v) is 12.8. The zero-order valence-electron chi connectivity index (χ0n) is 12.8. The number of hydrogen-bond donors (Lipinski definition) is 1. The van der Waals surface area contributed by atoms with Gasteiger partial charge in [-0.25, -0.2) is 0 Å². The number of phenolic OH excluding ortho intramolecular Hbond substituents is 1. The van der Waals surface area contributed by atoms with Crippen LogP contribution in [0.3, 0.4) is 0 Å². The summed E-state index contributed by atoms with van der Waals surface area (Å²) < 4.78 is 0. The van der Waals surface area contributed by atoms with Crippen molar-refractivity contribution in [3.63, 3.8) is 0 Å². The highest BCUT2D eigenvalue weighted by molar-refractivity contribution is 5.38. The molecule has 0 saturated carbocycles. The lowest BCUT2D eigenvalue weighted by Gasteiger charge is -2.31. The number of phenols is 1. The largest absolute Gasteiger partial charge is 0.508 e. The first-order chi connectivity index (χ1) is 10.2. The summed E-state index contributed by atoms with van der Waals surface area (Å²) in [7, 11) is 0. The van der Waals surface area contributed by atoms with E-state index in [0.29, 0.717) is 11.8 Å². The van der Waals surface area contributed by atoms with Crippen LogP contribution in [0.15, 0.2) is 48.5 Å². The molecule has 2 heteroatoms. The van der Waals surface area contributed by atoms with Crippen molar-refractivity contribution in [2.75, 3.05) is 6.54 Å². The summed E-state index contributed by atoms with van der Waals surface area (Å²) in [5.41, 5.74) is 3.52. The molecule has 0 spiro atoms. The predicted octanol–water partition coefficient (Wildman–Crippen LogP) is 4.60. The second kappa shape index (κ2) is 5.90. The third kappa shape index (κ3) is 2.81. The van der Waals surface area contributed by atoms with Gasteiger partial charge in [0.1, 0.15) is 5.75 Å². The Morgan fingerprint density at radius 3 is 2.62 bits per heavy atom. The normalized spacial score (nSPS) is 20.6. The van der Waals surface area contributed by atoms with E-state index in [1.165, 1.54) is 18.4 Å². The topological polar surface area (TPSA) is 23.5 Å². The summed E-state index contributed by atoms with van der Waals surface area (Å²) in [6.45, 7) is 5.30. The molecule has 2 aromatic carbocycles. The van der Waals surface area contributed by atoms with Crippen LogP contribution >= 0.6 is 0 Å². The van der Waals surface area contributed by atoms with Crippen molar-refractivity contribution in [3.8, 4) is 5.75 Å². The molecular weight excluding hydrogens is 258 g/mol. The summed E-state index contributed by atoms with van der Waals surface area (Å²) in [6.07, 6.45) is 2.41. The van der Waals surface area contributed by atoms with E-state index in [-0.39, 0.29) is 6.04 Å². The molecule has 1 aliphatic rings. The molecule has 0 radical (unpaired) electrons. The molecule has 2 unspecified atom stereocenters. The third-order valence-electron chi connectivity index (χ3n) is 4.61. The van der Waals surface area contributed by atoms with E-state index in [2.05, 4.69) is 54.3 Å². The SMILES string of the molecule is Cc1ccc(C(C)N2CCCC2c2ccccc2)c(O)c1. The molecule has 21 heavy (non-hydrogen) atoms. The average molecular weight is 281 g/mol. The van der Waals surface area contributed by atoms with E-state index >= 15 is 0 Å². The lowest BCUT2D eigenvalue weighted by atomic mass is 10.00. The number of hydrogen-bond acceptors (Lipinski definition) is 2. The second-order valence-electron chi connectivity index (χ2n) is 6.04. The highest BCUT2D eigenvalue weighted by Crippen LogP contribution is 2.40. The van der Waals surface area contributed by atoms with Gasteiger partial charge in [-0.3, -0.25) is 4.90 Å². The molecule has 1 fully saturated rings. The predicted molar refractivity (Wildman–Crippen MR) is 86.4 cm³/mol. The van der Waals surface area contributed by atoms with Crippen molar-refractivity contribution >= 4 is 0 Å². The fourth-order valence-corrected chi connectivity index (χ4v) is 3.47. The van der Waals surface area contributed by atoms with Crippen LogP contribution in [0.5, 0.6) is 5.75 Å². The molecule has 0 aliphatic carbocycles. The summed E-state index contributed by atoms with van der Waals surface area (Å²) in [6, 6.07) is 17.4. The zero-order chi connectivity index (χ0) is 14.8. The van der Waals surface area contributed by atoms with Gasteiger partial charge in [-0.05, 0) is 50.4 Å². The van der Waals surface area contributed by atoms with E-state index in [4.69, 9.17) is 0 Å². The summed E-state index contributed by atoms with van der Waals surface area (Å²) in [4.78, 5) is 2.51. The first-order valence-electron chi connectivity index (χ1n) is 7.77. The van der Waals surface area contributed by atoms with Crippen LogP contribution in [-0.4, -0.2) is 16.6 Å². The standard InChI is InChI=1S/C19H23NO/c1-14-10-11-17(19(21)13-14)15(2)20-12-6-9-18(20)16-7-4-3-5-8-16/h3-5,7-8,10-11,13,15,18,21H,6,9,12H2,1-2H3. The lowest BCUT2D eigenvalue weighted by Crippen LogP contribution is -2.26. The van der Waals surface area contributed by atoms with E-state index in [1.54, 1.807) is 0 Å². The van der Waals surface area contributed by atoms with E-state index in [0.717, 1.165) is 17.7 Å². The van der Waals surface area contributed by atoms with Crippen LogP contribution in [0.2, 0.25) is 0 Å². The van der Waals surface area contributed by atoms with Crippen LogP contribution in [-0.2, 0) is 0 Å². The molecule has 1 heterocycles. The Morgan fingerprint density at radius 2 is 1.90 bits per heavy atom. The number of rotatable bonds is 3. The Hall–Kier alpha value is -1.80. The smallest absolute Gasteiger partial charge is 0.120 e. The molecule has 3 rings (SSSR count). The highest BCUT2D eigenvalue weighted by atomic mass is 16.3. The first-order valence-corrected chi connectivity index (χ1v) is 7.77. The summed E-state index contributed by atoms with van der Waals surface area (Å²) in [5, 5.41) is 10.3. The molecule has 0 amide bonds. The monoisotopic (exact) mass is 281 g/mol. The molecule has 0 bridgehead atoms. The van der Waals surface area contributed by atoms with Crippen LogP contribution < -0.4 is 0 Å². The van der Waals surface area contributed by atoms with Gasteiger partial charge in [-0.15, -0.1) is 0 Å². The quantitative estimate of drug-likeness (QED) is 0.889. The van der Waals surface area contributed by atoms with Crippen molar-refractivity contribution in [3.05, 3.63) is 65.2 Å². The van der Waals surface area contributed by atoms with Gasteiger partial charge >= 0.3 is 0 Å². The van der Waals surface area contributed by atoms with Crippen LogP contribution in [0.4, 0.5) is 0 Å². The number of likely N-dealkylation sites (tertiary alicyclic amines) is 1. The first kappa shape index (κ1) is 14.2. The molecule has 1 aliphatic heterocycles. The van der Waals surface area contributed by atoms with Crippen LogP contribution in [0, 0.1) is 6.92 Å². The molecule has 0 aromatic heterocycles. The number of benzene rings is 2. The van der Waals surface area contributed by atoms with Crippen molar-refractivity contribution in [2.45, 2.75) is 38.8 Å². The van der Waals surface area contributed by atoms with Gasteiger partial charge in [0, 0.05) is 17.6 Å². The molecular formula is C19H23NO. The van der Waals surface area contributed by atoms with Gasteiger partial charge in [0.25, 0.3) is 0 Å². The summed E-state index contributed by atoms with van der Waals surface area (Å²) >= 11 is 0. The number of aromatic hydroxyl groups is 1. The van der Waals surface area contributed by atoms with E-state index in [9.17, 15) is 5.11 Å². The van der Waals surface area contributed by atoms with Gasteiger partial charge in [0.05, 0.1) is 0 Å².